The molecule has 2 aromatic carbocycles. The van der Waals surface area contributed by atoms with Crippen LogP contribution in [0.4, 0.5) is 8.78 Å². The molecule has 5 heteroatoms. The van der Waals surface area contributed by atoms with E-state index in [4.69, 9.17) is 4.74 Å². The Hall–Kier alpha value is -2.69. The second-order valence-corrected chi connectivity index (χ2v) is 6.93. The summed E-state index contributed by atoms with van der Waals surface area (Å²) in [5.74, 6) is 0.0622. The molecule has 0 N–H and O–H groups in total. The second kappa shape index (κ2) is 8.13. The van der Waals surface area contributed by atoms with Crippen molar-refractivity contribution >= 4 is 12.0 Å². The van der Waals surface area contributed by atoms with Gasteiger partial charge in [-0.15, -0.1) is 0 Å². The number of hydrogen-bond donors (Lipinski definition) is 0. The van der Waals surface area contributed by atoms with Gasteiger partial charge in [0.2, 0.25) is 0 Å². The van der Waals surface area contributed by atoms with Crippen LogP contribution in [0.1, 0.15) is 37.5 Å². The standard InChI is InChI=1S/C21H22F2O3/c1-14-13-16(21(2,3)4)8-11-18(14)26-19(24)12-7-15-5-9-17(10-6-15)25-20(22)23/h5-13,20H,1-4H3/b12-7+. The third-order valence-corrected chi connectivity index (χ3v) is 3.77. The summed E-state index contributed by atoms with van der Waals surface area (Å²) in [7, 11) is 0. The van der Waals surface area contributed by atoms with Gasteiger partial charge in [-0.3, -0.25) is 0 Å². The molecule has 26 heavy (non-hydrogen) atoms. The normalized spacial score (nSPS) is 11.8. The zero-order chi connectivity index (χ0) is 19.3. The molecule has 0 amide bonds. The lowest BCUT2D eigenvalue weighted by atomic mass is 9.86. The van der Waals surface area contributed by atoms with Crippen molar-refractivity contribution in [2.45, 2.75) is 39.7 Å². The number of halogens is 2. The molecule has 0 spiro atoms. The average Bonchev–Trinajstić information content (AvgIpc) is 2.54. The van der Waals surface area contributed by atoms with Gasteiger partial charge in [0.15, 0.2) is 0 Å². The summed E-state index contributed by atoms with van der Waals surface area (Å²) in [6, 6.07) is 11.7. The highest BCUT2D eigenvalue weighted by Gasteiger charge is 2.15. The van der Waals surface area contributed by atoms with Gasteiger partial charge >= 0.3 is 12.6 Å². The first-order chi connectivity index (χ1) is 12.1. The SMILES string of the molecule is Cc1cc(C(C)(C)C)ccc1OC(=O)/C=C/c1ccc(OC(F)F)cc1. The Morgan fingerprint density at radius 1 is 1.08 bits per heavy atom. The van der Waals surface area contributed by atoms with E-state index < -0.39 is 12.6 Å². The fourth-order valence-corrected chi connectivity index (χ4v) is 2.30. The van der Waals surface area contributed by atoms with Crippen LogP contribution in [0.2, 0.25) is 0 Å². The Balaban J connectivity index is 2.01. The summed E-state index contributed by atoms with van der Waals surface area (Å²) in [5, 5.41) is 0. The molecule has 0 bridgehead atoms. The van der Waals surface area contributed by atoms with E-state index in [9.17, 15) is 13.6 Å². The third-order valence-electron chi connectivity index (χ3n) is 3.77. The molecule has 0 aliphatic rings. The van der Waals surface area contributed by atoms with Crippen molar-refractivity contribution in [2.24, 2.45) is 0 Å². The fourth-order valence-electron chi connectivity index (χ4n) is 2.30. The molecule has 0 unspecified atom stereocenters. The number of esters is 1. The summed E-state index contributed by atoms with van der Waals surface area (Å²) < 4.78 is 33.8. The van der Waals surface area contributed by atoms with Crippen LogP contribution in [-0.2, 0) is 10.2 Å². The number of carbonyl (C=O) groups excluding carboxylic acids is 1. The lowest BCUT2D eigenvalue weighted by molar-refractivity contribution is -0.128. The molecule has 0 fully saturated rings. The van der Waals surface area contributed by atoms with Crippen LogP contribution in [0.5, 0.6) is 11.5 Å². The van der Waals surface area contributed by atoms with Crippen LogP contribution in [0, 0.1) is 6.92 Å². The third kappa shape index (κ3) is 5.69. The van der Waals surface area contributed by atoms with Crippen molar-refractivity contribution in [3.8, 4) is 11.5 Å². The maximum atomic E-state index is 12.1. The Morgan fingerprint density at radius 2 is 1.73 bits per heavy atom. The highest BCUT2D eigenvalue weighted by molar-refractivity contribution is 5.88. The van der Waals surface area contributed by atoms with Crippen LogP contribution >= 0.6 is 0 Å². The van der Waals surface area contributed by atoms with Crippen LogP contribution in [0.3, 0.4) is 0 Å². The summed E-state index contributed by atoms with van der Waals surface area (Å²) >= 11 is 0. The minimum Gasteiger partial charge on any atom is -0.435 e. The summed E-state index contributed by atoms with van der Waals surface area (Å²) in [4.78, 5) is 12.0. The van der Waals surface area contributed by atoms with E-state index in [1.165, 1.54) is 18.2 Å². The minimum absolute atomic E-state index is 0.0212. The van der Waals surface area contributed by atoms with Gasteiger partial charge in [-0.05, 0) is 53.3 Å². The molecular formula is C21H22F2O3. The summed E-state index contributed by atoms with van der Waals surface area (Å²) in [6.07, 6.45) is 2.84. The summed E-state index contributed by atoms with van der Waals surface area (Å²) in [6.45, 7) is 5.39. The van der Waals surface area contributed by atoms with Gasteiger partial charge in [-0.25, -0.2) is 4.79 Å². The van der Waals surface area contributed by atoms with E-state index in [-0.39, 0.29) is 11.2 Å². The van der Waals surface area contributed by atoms with E-state index in [1.807, 2.05) is 19.1 Å². The molecule has 0 aliphatic heterocycles. The Kier molecular flexibility index (Phi) is 6.14. The highest BCUT2D eigenvalue weighted by Crippen LogP contribution is 2.27. The molecule has 3 nitrogen and oxygen atoms in total. The first-order valence-corrected chi connectivity index (χ1v) is 8.21. The number of rotatable bonds is 5. The van der Waals surface area contributed by atoms with Gasteiger partial charge in [-0.2, -0.15) is 8.78 Å². The maximum absolute atomic E-state index is 12.1. The zero-order valence-electron chi connectivity index (χ0n) is 15.3. The monoisotopic (exact) mass is 360 g/mol. The number of hydrogen-bond acceptors (Lipinski definition) is 3. The second-order valence-electron chi connectivity index (χ2n) is 6.93. The zero-order valence-corrected chi connectivity index (χ0v) is 15.3. The van der Waals surface area contributed by atoms with Crippen LogP contribution in [0.25, 0.3) is 6.08 Å². The van der Waals surface area contributed by atoms with Crippen molar-refractivity contribution in [1.82, 2.24) is 0 Å². The van der Waals surface area contributed by atoms with E-state index in [0.717, 1.165) is 11.1 Å². The van der Waals surface area contributed by atoms with Gasteiger partial charge in [0.1, 0.15) is 11.5 Å². The molecule has 0 atom stereocenters. The number of carbonyl (C=O) groups is 1. The Morgan fingerprint density at radius 3 is 2.27 bits per heavy atom. The molecule has 0 heterocycles. The lowest BCUT2D eigenvalue weighted by Gasteiger charge is -2.20. The predicted octanol–water partition coefficient (Wildman–Crippen LogP) is 5.51. The molecule has 2 aromatic rings. The van der Waals surface area contributed by atoms with Crippen LogP contribution in [-0.4, -0.2) is 12.6 Å². The molecule has 0 radical (unpaired) electrons. The van der Waals surface area contributed by atoms with Gasteiger partial charge < -0.3 is 9.47 Å². The quantitative estimate of drug-likeness (QED) is 0.400. The van der Waals surface area contributed by atoms with E-state index in [1.54, 1.807) is 24.3 Å². The Labute approximate surface area is 152 Å². The minimum atomic E-state index is -2.86. The topological polar surface area (TPSA) is 35.5 Å². The average molecular weight is 360 g/mol. The van der Waals surface area contributed by atoms with Crippen molar-refractivity contribution in [3.63, 3.8) is 0 Å². The first-order valence-electron chi connectivity index (χ1n) is 8.21. The van der Waals surface area contributed by atoms with Crippen LogP contribution in [0.15, 0.2) is 48.5 Å². The number of aryl methyl sites for hydroxylation is 1. The molecule has 0 aromatic heterocycles. The fraction of sp³-hybridized carbons (Fsp3) is 0.286. The van der Waals surface area contributed by atoms with Gasteiger partial charge in [0.25, 0.3) is 0 Å². The van der Waals surface area contributed by atoms with Crippen molar-refractivity contribution in [1.29, 1.82) is 0 Å². The molecule has 2 rings (SSSR count). The summed E-state index contributed by atoms with van der Waals surface area (Å²) in [5.41, 5.74) is 2.74. The van der Waals surface area contributed by atoms with E-state index in [2.05, 4.69) is 25.5 Å². The first kappa shape index (κ1) is 19.6. The predicted molar refractivity (Wildman–Crippen MR) is 97.6 cm³/mol. The van der Waals surface area contributed by atoms with E-state index >= 15 is 0 Å². The molecular weight excluding hydrogens is 338 g/mol. The Bertz CT molecular complexity index is 788. The van der Waals surface area contributed by atoms with Crippen molar-refractivity contribution < 1.29 is 23.0 Å². The molecule has 138 valence electrons. The number of ether oxygens (including phenoxy) is 2. The molecule has 0 saturated carbocycles. The molecule has 0 aliphatic carbocycles. The maximum Gasteiger partial charge on any atom is 0.387 e. The van der Waals surface area contributed by atoms with E-state index in [0.29, 0.717) is 11.3 Å². The largest absolute Gasteiger partial charge is 0.435 e. The smallest absolute Gasteiger partial charge is 0.387 e. The van der Waals surface area contributed by atoms with Gasteiger partial charge in [-0.1, -0.05) is 45.0 Å². The molecule has 0 saturated heterocycles. The van der Waals surface area contributed by atoms with Crippen molar-refractivity contribution in [2.75, 3.05) is 0 Å². The van der Waals surface area contributed by atoms with Crippen LogP contribution < -0.4 is 9.47 Å². The number of alkyl halides is 2. The van der Waals surface area contributed by atoms with Gasteiger partial charge in [0, 0.05) is 6.08 Å². The van der Waals surface area contributed by atoms with Gasteiger partial charge in [0.05, 0.1) is 0 Å². The lowest BCUT2D eigenvalue weighted by Crippen LogP contribution is -2.12. The highest BCUT2D eigenvalue weighted by atomic mass is 19.3. The number of benzene rings is 2. The van der Waals surface area contributed by atoms with Crippen molar-refractivity contribution in [3.05, 3.63) is 65.2 Å².